The molecular formula is C64H48N2. The molecule has 0 N–H and O–H groups in total. The second kappa shape index (κ2) is 19.3. The predicted molar refractivity (Wildman–Crippen MR) is 283 cm³/mol. The molecule has 0 unspecified atom stereocenters. The van der Waals surface area contributed by atoms with Crippen LogP contribution in [0.5, 0.6) is 0 Å². The molecule has 0 saturated heterocycles. The van der Waals surface area contributed by atoms with E-state index in [0.29, 0.717) is 0 Å². The van der Waals surface area contributed by atoms with Gasteiger partial charge in [-0.1, -0.05) is 213 Å². The SMILES string of the molecule is C=C/C(=C\C=C\N(c1ccccc1)c1ccc(-c2ccc(-c3ccc(N(c4ccccc4)c4ccc(-c5ccccc5)cc4)cc3-c3ccccc3)cc2)cc1)c1cccc2ccccc12. The molecule has 0 aromatic heterocycles. The number of hydrogen-bond acceptors (Lipinski definition) is 2. The van der Waals surface area contributed by atoms with E-state index < -0.39 is 0 Å². The summed E-state index contributed by atoms with van der Waals surface area (Å²) in [4.78, 5) is 4.56. The summed E-state index contributed by atoms with van der Waals surface area (Å²) in [5.74, 6) is 0. The number of hydrogen-bond donors (Lipinski definition) is 0. The zero-order chi connectivity index (χ0) is 44.5. The Bertz CT molecular complexity index is 3260. The molecular weight excluding hydrogens is 797 g/mol. The molecule has 0 radical (unpaired) electrons. The van der Waals surface area contributed by atoms with Gasteiger partial charge in [-0.25, -0.2) is 0 Å². The number of anilines is 5. The van der Waals surface area contributed by atoms with Crippen molar-refractivity contribution in [3.05, 3.63) is 291 Å². The Kier molecular flexibility index (Phi) is 12.1. The van der Waals surface area contributed by atoms with Gasteiger partial charge in [0.15, 0.2) is 0 Å². The summed E-state index contributed by atoms with van der Waals surface area (Å²) in [5, 5.41) is 2.43. The number of fused-ring (bicyclic) bond motifs is 1. The number of benzene rings is 10. The first kappa shape index (κ1) is 41.3. The smallest absolute Gasteiger partial charge is 0.0468 e. The summed E-state index contributed by atoms with van der Waals surface area (Å²) in [5.41, 5.74) is 17.1. The molecule has 2 nitrogen and oxygen atoms in total. The highest BCUT2D eigenvalue weighted by Crippen LogP contribution is 2.42. The first-order valence-electron chi connectivity index (χ1n) is 22.4. The van der Waals surface area contributed by atoms with Crippen molar-refractivity contribution in [1.29, 1.82) is 0 Å². The monoisotopic (exact) mass is 844 g/mol. The summed E-state index contributed by atoms with van der Waals surface area (Å²) in [6.07, 6.45) is 8.31. The van der Waals surface area contributed by atoms with Crippen molar-refractivity contribution in [3.8, 4) is 44.5 Å². The zero-order valence-electron chi connectivity index (χ0n) is 36.7. The molecule has 0 heterocycles. The van der Waals surface area contributed by atoms with Crippen LogP contribution in [-0.4, -0.2) is 0 Å². The van der Waals surface area contributed by atoms with E-state index in [1.165, 1.54) is 44.2 Å². The zero-order valence-corrected chi connectivity index (χ0v) is 36.7. The topological polar surface area (TPSA) is 6.48 Å². The van der Waals surface area contributed by atoms with Crippen LogP contribution in [0.2, 0.25) is 0 Å². The molecule has 0 aliphatic heterocycles. The lowest BCUT2D eigenvalue weighted by molar-refractivity contribution is 1.28. The normalized spacial score (nSPS) is 11.4. The highest BCUT2D eigenvalue weighted by atomic mass is 15.1. The standard InChI is InChI=1S/C64H48N2/c1-2-48(61-31-17-24-53-23-15-16-30-62(53)61)25-18-46-65(56-26-11-5-12-27-56)57-40-36-52(37-41-57)50-32-34-55(35-33-50)63-45-44-60(47-64(63)54-21-9-4-10-22-54)66(58-28-13-6-14-29-58)59-42-38-51(39-43-59)49-19-7-3-8-20-49/h2-47H,1H2/b46-18+,48-25+. The average Bonchev–Trinajstić information content (AvgIpc) is 3.40. The van der Waals surface area contributed by atoms with E-state index in [-0.39, 0.29) is 0 Å². The van der Waals surface area contributed by atoms with Gasteiger partial charge in [-0.3, -0.25) is 0 Å². The van der Waals surface area contributed by atoms with Gasteiger partial charge in [0, 0.05) is 34.6 Å². The van der Waals surface area contributed by atoms with Crippen LogP contribution in [0.4, 0.5) is 28.4 Å². The van der Waals surface area contributed by atoms with Crippen LogP contribution < -0.4 is 9.80 Å². The fourth-order valence-corrected chi connectivity index (χ4v) is 8.78. The number of para-hydroxylation sites is 2. The van der Waals surface area contributed by atoms with E-state index in [2.05, 4.69) is 290 Å². The summed E-state index contributed by atoms with van der Waals surface area (Å²) in [7, 11) is 0. The Morgan fingerprint density at radius 1 is 0.348 bits per heavy atom. The van der Waals surface area contributed by atoms with Crippen LogP contribution in [0.3, 0.4) is 0 Å². The van der Waals surface area contributed by atoms with Gasteiger partial charge in [-0.15, -0.1) is 0 Å². The lowest BCUT2D eigenvalue weighted by Crippen LogP contribution is -2.10. The average molecular weight is 845 g/mol. The largest absolute Gasteiger partial charge is 0.317 e. The fraction of sp³-hybridized carbons (Fsp3) is 0. The minimum absolute atomic E-state index is 1.07. The highest BCUT2D eigenvalue weighted by molar-refractivity contribution is 5.96. The second-order valence-corrected chi connectivity index (χ2v) is 16.2. The van der Waals surface area contributed by atoms with E-state index in [9.17, 15) is 0 Å². The van der Waals surface area contributed by atoms with Crippen molar-refractivity contribution in [1.82, 2.24) is 0 Å². The first-order valence-corrected chi connectivity index (χ1v) is 22.4. The Balaban J connectivity index is 0.946. The van der Waals surface area contributed by atoms with Crippen molar-refractivity contribution in [3.63, 3.8) is 0 Å². The molecule has 314 valence electrons. The summed E-state index contributed by atoms with van der Waals surface area (Å²) in [6, 6.07) is 90.8. The van der Waals surface area contributed by atoms with Gasteiger partial charge in [0.2, 0.25) is 0 Å². The second-order valence-electron chi connectivity index (χ2n) is 16.2. The van der Waals surface area contributed by atoms with Gasteiger partial charge < -0.3 is 9.80 Å². The molecule has 0 spiro atoms. The molecule has 0 fully saturated rings. The van der Waals surface area contributed by atoms with Crippen molar-refractivity contribution < 1.29 is 0 Å². The molecule has 10 rings (SSSR count). The molecule has 0 amide bonds. The van der Waals surface area contributed by atoms with E-state index in [1.807, 2.05) is 6.08 Å². The maximum Gasteiger partial charge on any atom is 0.0468 e. The third kappa shape index (κ3) is 8.90. The van der Waals surface area contributed by atoms with Gasteiger partial charge in [-0.05, 0) is 133 Å². The van der Waals surface area contributed by atoms with Gasteiger partial charge >= 0.3 is 0 Å². The minimum atomic E-state index is 1.07. The maximum atomic E-state index is 4.16. The number of allylic oxidation sites excluding steroid dienone is 4. The van der Waals surface area contributed by atoms with E-state index in [0.717, 1.165) is 50.7 Å². The summed E-state index contributed by atoms with van der Waals surface area (Å²) < 4.78 is 0. The van der Waals surface area contributed by atoms with Crippen molar-refractivity contribution in [2.45, 2.75) is 0 Å². The Morgan fingerprint density at radius 3 is 1.42 bits per heavy atom. The molecule has 0 aliphatic carbocycles. The van der Waals surface area contributed by atoms with E-state index in [1.54, 1.807) is 0 Å². The Labute approximate surface area is 388 Å². The molecule has 0 atom stereocenters. The van der Waals surface area contributed by atoms with Crippen molar-refractivity contribution >= 4 is 44.8 Å². The first-order chi connectivity index (χ1) is 32.7. The van der Waals surface area contributed by atoms with Gasteiger partial charge in [0.1, 0.15) is 0 Å². The molecule has 66 heavy (non-hydrogen) atoms. The highest BCUT2D eigenvalue weighted by Gasteiger charge is 2.17. The van der Waals surface area contributed by atoms with Crippen LogP contribution in [0, 0.1) is 0 Å². The van der Waals surface area contributed by atoms with Gasteiger partial charge in [-0.2, -0.15) is 0 Å². The molecule has 0 aliphatic rings. The number of nitrogens with zero attached hydrogens (tertiary/aromatic N) is 2. The molecule has 10 aromatic carbocycles. The summed E-state index contributed by atoms with van der Waals surface area (Å²) in [6.45, 7) is 4.16. The van der Waals surface area contributed by atoms with Crippen LogP contribution in [0.25, 0.3) is 60.9 Å². The third-order valence-electron chi connectivity index (χ3n) is 12.1. The lowest BCUT2D eigenvalue weighted by Gasteiger charge is -2.27. The Hall–Kier alpha value is -8.72. The van der Waals surface area contributed by atoms with Crippen molar-refractivity contribution in [2.24, 2.45) is 0 Å². The quantitative estimate of drug-likeness (QED) is 0.107. The molecule has 0 bridgehead atoms. The van der Waals surface area contributed by atoms with Crippen LogP contribution in [0.1, 0.15) is 5.56 Å². The molecule has 10 aromatic rings. The predicted octanol–water partition coefficient (Wildman–Crippen LogP) is 17.9. The van der Waals surface area contributed by atoms with Crippen LogP contribution in [0.15, 0.2) is 286 Å². The molecule has 0 saturated carbocycles. The maximum absolute atomic E-state index is 4.16. The third-order valence-corrected chi connectivity index (χ3v) is 12.1. The van der Waals surface area contributed by atoms with Gasteiger partial charge in [0.25, 0.3) is 0 Å². The van der Waals surface area contributed by atoms with Crippen LogP contribution >= 0.6 is 0 Å². The number of rotatable bonds is 13. The van der Waals surface area contributed by atoms with Crippen molar-refractivity contribution in [2.75, 3.05) is 9.80 Å². The van der Waals surface area contributed by atoms with Gasteiger partial charge in [0.05, 0.1) is 0 Å². The Morgan fingerprint density at radius 2 is 0.788 bits per heavy atom. The summed E-state index contributed by atoms with van der Waals surface area (Å²) >= 11 is 0. The van der Waals surface area contributed by atoms with E-state index >= 15 is 0 Å². The van der Waals surface area contributed by atoms with E-state index in [4.69, 9.17) is 0 Å². The fourth-order valence-electron chi connectivity index (χ4n) is 8.78. The minimum Gasteiger partial charge on any atom is -0.317 e. The molecule has 2 heteroatoms. The van der Waals surface area contributed by atoms with Crippen LogP contribution in [-0.2, 0) is 0 Å². The lowest BCUT2D eigenvalue weighted by atomic mass is 9.92.